The minimum atomic E-state index is -1.06. The molecule has 0 radical (unpaired) electrons. The number of aliphatic carboxylic acids is 1. The average molecular weight is 298 g/mol. The summed E-state index contributed by atoms with van der Waals surface area (Å²) >= 11 is 6.00. The molecular formula is C14H16ClNO4. The van der Waals surface area contributed by atoms with Crippen molar-refractivity contribution in [1.29, 1.82) is 0 Å². The van der Waals surface area contributed by atoms with E-state index in [2.05, 4.69) is 5.32 Å². The summed E-state index contributed by atoms with van der Waals surface area (Å²) in [5, 5.41) is 11.6. The molecule has 1 aromatic rings. The number of hydrogen-bond acceptors (Lipinski definition) is 3. The number of amides is 1. The van der Waals surface area contributed by atoms with Crippen molar-refractivity contribution in [2.45, 2.75) is 13.0 Å². The van der Waals surface area contributed by atoms with Gasteiger partial charge in [0.2, 0.25) is 0 Å². The zero-order chi connectivity index (χ0) is 15.1. The maximum Gasteiger partial charge on any atom is 0.328 e. The summed E-state index contributed by atoms with van der Waals surface area (Å²) < 4.78 is 5.03. The van der Waals surface area contributed by atoms with Gasteiger partial charge in [0, 0.05) is 30.3 Å². The molecule has 1 unspecified atom stereocenters. The fraction of sp³-hybridized carbons (Fsp3) is 0.286. The third kappa shape index (κ3) is 5.03. The van der Waals surface area contributed by atoms with Crippen molar-refractivity contribution in [3.8, 4) is 0 Å². The van der Waals surface area contributed by atoms with E-state index in [1.807, 2.05) is 6.92 Å². The van der Waals surface area contributed by atoms with Gasteiger partial charge in [-0.2, -0.15) is 0 Å². The number of rotatable bonds is 6. The van der Waals surface area contributed by atoms with E-state index in [9.17, 15) is 9.59 Å². The van der Waals surface area contributed by atoms with Crippen LogP contribution in [0.2, 0.25) is 5.02 Å². The highest BCUT2D eigenvalue weighted by Crippen LogP contribution is 2.19. The number of nitrogens with one attached hydrogen (secondary N) is 1. The molecule has 0 aliphatic carbocycles. The van der Waals surface area contributed by atoms with Gasteiger partial charge in [0.15, 0.2) is 0 Å². The molecule has 0 saturated heterocycles. The van der Waals surface area contributed by atoms with Crippen LogP contribution in [0.1, 0.15) is 22.8 Å². The largest absolute Gasteiger partial charge is 0.478 e. The lowest BCUT2D eigenvalue weighted by Gasteiger charge is -2.11. The molecule has 1 atom stereocenters. The van der Waals surface area contributed by atoms with Crippen LogP contribution < -0.4 is 5.32 Å². The Bertz CT molecular complexity index is 528. The van der Waals surface area contributed by atoms with E-state index in [1.54, 1.807) is 19.2 Å². The minimum absolute atomic E-state index is 0.0767. The van der Waals surface area contributed by atoms with Crippen LogP contribution in [0.5, 0.6) is 0 Å². The normalized spacial score (nSPS) is 12.3. The van der Waals surface area contributed by atoms with Crippen LogP contribution in [0.3, 0.4) is 0 Å². The number of hydrogen-bond donors (Lipinski definition) is 2. The molecule has 0 aromatic heterocycles. The lowest BCUT2D eigenvalue weighted by molar-refractivity contribution is -0.131. The molecule has 0 aliphatic heterocycles. The fourth-order valence-corrected chi connectivity index (χ4v) is 1.63. The number of ether oxygens (including phenoxy) is 1. The van der Waals surface area contributed by atoms with E-state index in [0.717, 1.165) is 6.08 Å². The third-order valence-electron chi connectivity index (χ3n) is 2.62. The average Bonchev–Trinajstić information content (AvgIpc) is 2.42. The van der Waals surface area contributed by atoms with Gasteiger partial charge >= 0.3 is 5.97 Å². The van der Waals surface area contributed by atoms with Gasteiger partial charge in [0.25, 0.3) is 5.91 Å². The van der Waals surface area contributed by atoms with Gasteiger partial charge in [0.1, 0.15) is 0 Å². The second kappa shape index (κ2) is 7.67. The topological polar surface area (TPSA) is 75.6 Å². The molecule has 0 bridgehead atoms. The number of carboxylic acids is 1. The smallest absolute Gasteiger partial charge is 0.328 e. The van der Waals surface area contributed by atoms with Crippen molar-refractivity contribution in [3.63, 3.8) is 0 Å². The number of carbonyl (C=O) groups is 2. The lowest BCUT2D eigenvalue weighted by atomic mass is 10.1. The standard InChI is InChI=1S/C14H16ClNO4/c1-9(20-2)8-16-14(19)11-4-3-10(12(15)7-11)5-6-13(17)18/h3-7,9H,8H2,1-2H3,(H,16,19)(H,17,18)/b6-5+. The summed E-state index contributed by atoms with van der Waals surface area (Å²) in [7, 11) is 1.57. The summed E-state index contributed by atoms with van der Waals surface area (Å²) in [5.41, 5.74) is 0.946. The number of benzene rings is 1. The van der Waals surface area contributed by atoms with E-state index >= 15 is 0 Å². The van der Waals surface area contributed by atoms with E-state index in [4.69, 9.17) is 21.4 Å². The highest BCUT2D eigenvalue weighted by molar-refractivity contribution is 6.32. The van der Waals surface area contributed by atoms with Crippen LogP contribution in [0.25, 0.3) is 6.08 Å². The quantitative estimate of drug-likeness (QED) is 0.789. The molecule has 0 heterocycles. The zero-order valence-corrected chi connectivity index (χ0v) is 12.0. The molecule has 20 heavy (non-hydrogen) atoms. The molecule has 6 heteroatoms. The highest BCUT2D eigenvalue weighted by atomic mass is 35.5. The van der Waals surface area contributed by atoms with Crippen molar-refractivity contribution in [2.24, 2.45) is 0 Å². The van der Waals surface area contributed by atoms with Gasteiger partial charge < -0.3 is 15.2 Å². The van der Waals surface area contributed by atoms with E-state index in [1.165, 1.54) is 12.1 Å². The van der Waals surface area contributed by atoms with Crippen LogP contribution in [0.4, 0.5) is 0 Å². The van der Waals surface area contributed by atoms with Gasteiger partial charge in [-0.1, -0.05) is 17.7 Å². The fourth-order valence-electron chi connectivity index (χ4n) is 1.39. The van der Waals surface area contributed by atoms with E-state index in [0.29, 0.717) is 22.7 Å². The van der Waals surface area contributed by atoms with Crippen LogP contribution in [-0.4, -0.2) is 36.7 Å². The molecular weight excluding hydrogens is 282 g/mol. The molecule has 5 nitrogen and oxygen atoms in total. The summed E-state index contributed by atoms with van der Waals surface area (Å²) in [6.07, 6.45) is 2.29. The van der Waals surface area contributed by atoms with Gasteiger partial charge in [-0.15, -0.1) is 0 Å². The van der Waals surface area contributed by atoms with Gasteiger partial charge in [-0.3, -0.25) is 4.79 Å². The van der Waals surface area contributed by atoms with Crippen molar-refractivity contribution in [1.82, 2.24) is 5.32 Å². The third-order valence-corrected chi connectivity index (χ3v) is 2.95. The lowest BCUT2D eigenvalue weighted by Crippen LogP contribution is -2.31. The number of carboxylic acid groups (broad SMARTS) is 1. The first-order valence-corrected chi connectivity index (χ1v) is 6.33. The van der Waals surface area contributed by atoms with Crippen molar-refractivity contribution in [3.05, 3.63) is 40.4 Å². The second-order valence-corrected chi connectivity index (χ2v) is 4.57. The Morgan fingerprint density at radius 2 is 2.20 bits per heavy atom. The first-order chi connectivity index (χ1) is 9.43. The molecule has 0 saturated carbocycles. The summed E-state index contributed by atoms with van der Waals surface area (Å²) in [4.78, 5) is 22.3. The molecule has 2 N–H and O–H groups in total. The monoisotopic (exact) mass is 297 g/mol. The van der Waals surface area contributed by atoms with E-state index in [-0.39, 0.29) is 12.0 Å². The van der Waals surface area contributed by atoms with Crippen LogP contribution in [0, 0.1) is 0 Å². The summed E-state index contributed by atoms with van der Waals surface area (Å²) in [5.74, 6) is -1.32. The minimum Gasteiger partial charge on any atom is -0.478 e. The number of halogens is 1. The van der Waals surface area contributed by atoms with Crippen LogP contribution in [-0.2, 0) is 9.53 Å². The molecule has 0 fully saturated rings. The van der Waals surface area contributed by atoms with Gasteiger partial charge in [0.05, 0.1) is 6.10 Å². The van der Waals surface area contributed by atoms with Gasteiger partial charge in [-0.25, -0.2) is 4.79 Å². The van der Waals surface area contributed by atoms with Crippen LogP contribution in [0.15, 0.2) is 24.3 Å². The SMILES string of the molecule is COC(C)CNC(=O)c1ccc(/C=C/C(=O)O)c(Cl)c1. The zero-order valence-electron chi connectivity index (χ0n) is 11.2. The first kappa shape index (κ1) is 16.2. The predicted octanol–water partition coefficient (Wildman–Crippen LogP) is 2.20. The highest BCUT2D eigenvalue weighted by Gasteiger charge is 2.09. The Morgan fingerprint density at radius 3 is 2.75 bits per heavy atom. The Kier molecular flexibility index (Phi) is 6.21. The molecule has 0 aliphatic rings. The van der Waals surface area contributed by atoms with Crippen LogP contribution >= 0.6 is 11.6 Å². The Hall–Kier alpha value is -1.85. The van der Waals surface area contributed by atoms with Crippen molar-refractivity contribution >= 4 is 29.6 Å². The molecule has 0 spiro atoms. The second-order valence-electron chi connectivity index (χ2n) is 4.16. The van der Waals surface area contributed by atoms with Gasteiger partial charge in [-0.05, 0) is 30.7 Å². The molecule has 108 valence electrons. The number of carbonyl (C=O) groups excluding carboxylic acids is 1. The maximum atomic E-state index is 11.9. The first-order valence-electron chi connectivity index (χ1n) is 5.95. The summed E-state index contributed by atoms with van der Waals surface area (Å²) in [6.45, 7) is 2.24. The maximum absolute atomic E-state index is 11.9. The molecule has 1 rings (SSSR count). The predicted molar refractivity (Wildman–Crippen MR) is 76.9 cm³/mol. The molecule has 1 amide bonds. The Balaban J connectivity index is 2.76. The van der Waals surface area contributed by atoms with Crippen molar-refractivity contribution < 1.29 is 19.4 Å². The Morgan fingerprint density at radius 1 is 1.50 bits per heavy atom. The summed E-state index contributed by atoms with van der Waals surface area (Å²) in [6, 6.07) is 4.67. The molecule has 1 aromatic carbocycles. The van der Waals surface area contributed by atoms with E-state index < -0.39 is 5.97 Å². The number of methoxy groups -OCH3 is 1. The van der Waals surface area contributed by atoms with Crippen molar-refractivity contribution in [2.75, 3.05) is 13.7 Å². The Labute approximate surface area is 122 Å².